The Morgan fingerprint density at radius 3 is 1.09 bits per heavy atom. The second-order valence-electron chi connectivity index (χ2n) is 11.1. The van der Waals surface area contributed by atoms with Gasteiger partial charge in [-0.05, 0) is 25.7 Å². The van der Waals surface area contributed by atoms with Crippen LogP contribution in [0.4, 0.5) is 0 Å². The van der Waals surface area contributed by atoms with Gasteiger partial charge in [0.1, 0.15) is 12.2 Å². The summed E-state index contributed by atoms with van der Waals surface area (Å²) in [5, 5.41) is 0. The number of unbranched alkanes of at least 4 members (excludes halogenated alkanes) is 10. The molecular weight excluding hydrogens is 616 g/mol. The number of ether oxygens (including phenoxy) is 6. The number of hydrogen-bond donors (Lipinski definition) is 2. The lowest BCUT2D eigenvalue weighted by Crippen LogP contribution is -2.29. The average molecular weight is 679 g/mol. The molecule has 2 unspecified atom stereocenters. The van der Waals surface area contributed by atoms with E-state index in [0.29, 0.717) is 26.4 Å². The van der Waals surface area contributed by atoms with Crippen LogP contribution in [0.1, 0.15) is 104 Å². The summed E-state index contributed by atoms with van der Waals surface area (Å²) >= 11 is 0. The van der Waals surface area contributed by atoms with Crippen molar-refractivity contribution in [1.82, 2.24) is 0 Å². The third-order valence-electron chi connectivity index (χ3n) is 6.67. The Balaban J connectivity index is 4.41. The molecule has 12 nitrogen and oxygen atoms in total. The highest BCUT2D eigenvalue weighted by Crippen LogP contribution is 2.07. The Hall–Kier alpha value is -0.420. The van der Waals surface area contributed by atoms with Crippen LogP contribution in [0, 0.1) is 0 Å². The normalized spacial score (nSPS) is 13.8. The fourth-order valence-electron chi connectivity index (χ4n) is 4.22. The molecule has 0 radical (unpaired) electrons. The Kier molecular flexibility index (Phi) is 29.7. The van der Waals surface area contributed by atoms with Crippen molar-refractivity contribution >= 4 is 20.2 Å². The van der Waals surface area contributed by atoms with E-state index in [1.807, 2.05) is 0 Å². The van der Waals surface area contributed by atoms with Gasteiger partial charge in [0.15, 0.2) is 0 Å². The molecule has 0 aliphatic heterocycles. The standard InChI is InChI=1S/C30H62O12S2/c1-3-5-7-9-11-13-17-37-25-29(41-19-15-23-43(31,32)33)27-39-21-22-40-28-30(42-20-16-24-44(34,35)36)26-38-18-14-12-10-8-6-4-2/h29-30H,3-28H2,1-2H3,(H,31,32,33)(H,34,35,36). The van der Waals surface area contributed by atoms with Gasteiger partial charge in [-0.25, -0.2) is 0 Å². The van der Waals surface area contributed by atoms with Crippen molar-refractivity contribution in [2.75, 3.05) is 77.6 Å². The predicted molar refractivity (Wildman–Crippen MR) is 172 cm³/mol. The molecule has 266 valence electrons. The lowest BCUT2D eigenvalue weighted by molar-refractivity contribution is -0.0826. The maximum Gasteiger partial charge on any atom is 0.264 e. The molecule has 0 saturated heterocycles. The Bertz CT molecular complexity index is 756. The van der Waals surface area contributed by atoms with E-state index in [9.17, 15) is 16.8 Å². The largest absolute Gasteiger partial charge is 0.379 e. The zero-order chi connectivity index (χ0) is 32.8. The summed E-state index contributed by atoms with van der Waals surface area (Å²) in [6.45, 7) is 7.60. The van der Waals surface area contributed by atoms with Crippen LogP contribution in [0.2, 0.25) is 0 Å². The lowest BCUT2D eigenvalue weighted by Gasteiger charge is -2.20. The Labute approximate surface area is 267 Å². The molecule has 0 aromatic carbocycles. The molecule has 0 aliphatic carbocycles. The van der Waals surface area contributed by atoms with Crippen molar-refractivity contribution in [2.24, 2.45) is 0 Å². The van der Waals surface area contributed by atoms with E-state index in [1.54, 1.807) is 0 Å². The van der Waals surface area contributed by atoms with Gasteiger partial charge < -0.3 is 28.4 Å². The lowest BCUT2D eigenvalue weighted by atomic mass is 10.1. The molecule has 0 aliphatic rings. The van der Waals surface area contributed by atoms with Crippen molar-refractivity contribution in [3.63, 3.8) is 0 Å². The van der Waals surface area contributed by atoms with E-state index in [2.05, 4.69) is 13.8 Å². The summed E-state index contributed by atoms with van der Waals surface area (Å²) in [4.78, 5) is 0. The second-order valence-corrected chi connectivity index (χ2v) is 14.2. The summed E-state index contributed by atoms with van der Waals surface area (Å²) in [5.74, 6) is -0.733. The van der Waals surface area contributed by atoms with Gasteiger partial charge in [0, 0.05) is 26.4 Å². The number of hydrogen-bond acceptors (Lipinski definition) is 10. The van der Waals surface area contributed by atoms with Gasteiger partial charge in [-0.3, -0.25) is 9.11 Å². The SMILES string of the molecule is CCCCCCCCOCC(COCCOCC(COCCCCCCCC)OCCCS(=O)(=O)O)OCCCS(=O)(=O)O. The van der Waals surface area contributed by atoms with Crippen LogP contribution in [-0.4, -0.2) is 116 Å². The Morgan fingerprint density at radius 1 is 0.432 bits per heavy atom. The van der Waals surface area contributed by atoms with Crippen LogP contribution < -0.4 is 0 Å². The van der Waals surface area contributed by atoms with E-state index in [0.717, 1.165) is 25.7 Å². The van der Waals surface area contributed by atoms with Crippen molar-refractivity contribution in [3.8, 4) is 0 Å². The summed E-state index contributed by atoms with van der Waals surface area (Å²) in [6.07, 6.45) is 13.5. The molecule has 44 heavy (non-hydrogen) atoms. The quantitative estimate of drug-likeness (QED) is 0.0674. The third kappa shape index (κ3) is 34.5. The fraction of sp³-hybridized carbons (Fsp3) is 1.00. The van der Waals surface area contributed by atoms with Crippen molar-refractivity contribution in [1.29, 1.82) is 0 Å². The van der Waals surface area contributed by atoms with Gasteiger partial charge >= 0.3 is 0 Å². The van der Waals surface area contributed by atoms with Crippen LogP contribution in [0.3, 0.4) is 0 Å². The molecule has 2 atom stereocenters. The maximum atomic E-state index is 11.0. The molecule has 0 heterocycles. The van der Waals surface area contributed by atoms with Crippen LogP contribution in [0.15, 0.2) is 0 Å². The number of rotatable bonds is 35. The second kappa shape index (κ2) is 29.9. The van der Waals surface area contributed by atoms with E-state index in [4.69, 9.17) is 37.5 Å². The first kappa shape index (κ1) is 43.6. The topological polar surface area (TPSA) is 164 Å². The molecule has 2 N–H and O–H groups in total. The van der Waals surface area contributed by atoms with Gasteiger partial charge in [-0.15, -0.1) is 0 Å². The monoisotopic (exact) mass is 678 g/mol. The summed E-state index contributed by atoms with van der Waals surface area (Å²) in [5.41, 5.74) is 0. The van der Waals surface area contributed by atoms with Gasteiger partial charge in [0.25, 0.3) is 20.2 Å². The van der Waals surface area contributed by atoms with Crippen molar-refractivity contribution in [3.05, 3.63) is 0 Å². The molecule has 0 bridgehead atoms. The van der Waals surface area contributed by atoms with E-state index >= 15 is 0 Å². The molecule has 0 fully saturated rings. The molecule has 0 spiro atoms. The van der Waals surface area contributed by atoms with E-state index < -0.39 is 20.2 Å². The van der Waals surface area contributed by atoms with Gasteiger partial charge in [-0.2, -0.15) is 16.8 Å². The highest BCUT2D eigenvalue weighted by molar-refractivity contribution is 7.86. The van der Waals surface area contributed by atoms with Gasteiger partial charge in [-0.1, -0.05) is 78.1 Å². The molecule has 0 aromatic heterocycles. The molecular formula is C30H62O12S2. The minimum absolute atomic E-state index is 0.153. The summed E-state index contributed by atoms with van der Waals surface area (Å²) < 4.78 is 96.2. The fourth-order valence-corrected chi connectivity index (χ4v) is 5.18. The average Bonchev–Trinajstić information content (AvgIpc) is 2.95. The molecule has 0 aromatic rings. The molecule has 0 amide bonds. The first-order valence-electron chi connectivity index (χ1n) is 16.5. The third-order valence-corrected chi connectivity index (χ3v) is 8.28. The van der Waals surface area contributed by atoms with Gasteiger partial charge in [0.2, 0.25) is 0 Å². The zero-order valence-electron chi connectivity index (χ0n) is 27.3. The van der Waals surface area contributed by atoms with Crippen LogP contribution in [0.25, 0.3) is 0 Å². The minimum atomic E-state index is -4.03. The van der Waals surface area contributed by atoms with Crippen molar-refractivity contribution in [2.45, 2.75) is 116 Å². The highest BCUT2D eigenvalue weighted by atomic mass is 32.2. The maximum absolute atomic E-state index is 11.0. The first-order valence-corrected chi connectivity index (χ1v) is 19.7. The van der Waals surface area contributed by atoms with Crippen molar-refractivity contribution < 1.29 is 54.4 Å². The van der Waals surface area contributed by atoms with E-state index in [1.165, 1.54) is 51.4 Å². The summed E-state index contributed by atoms with van der Waals surface area (Å²) in [6, 6.07) is 0. The predicted octanol–water partition coefficient (Wildman–Crippen LogP) is 5.10. The van der Waals surface area contributed by atoms with Gasteiger partial charge in [0.05, 0.1) is 51.1 Å². The smallest absolute Gasteiger partial charge is 0.264 e. The molecule has 14 heteroatoms. The van der Waals surface area contributed by atoms with E-state index in [-0.39, 0.29) is 76.2 Å². The zero-order valence-corrected chi connectivity index (χ0v) is 29.0. The molecule has 0 saturated carbocycles. The van der Waals surface area contributed by atoms with Crippen LogP contribution in [0.5, 0.6) is 0 Å². The highest BCUT2D eigenvalue weighted by Gasteiger charge is 2.14. The first-order chi connectivity index (χ1) is 21.1. The molecule has 0 rings (SSSR count). The van der Waals surface area contributed by atoms with Crippen LogP contribution in [-0.2, 0) is 48.7 Å². The summed E-state index contributed by atoms with van der Waals surface area (Å²) in [7, 11) is -8.07. The van der Waals surface area contributed by atoms with Crippen LogP contribution >= 0.6 is 0 Å². The Morgan fingerprint density at radius 2 is 0.750 bits per heavy atom. The minimum Gasteiger partial charge on any atom is -0.379 e.